The number of rotatable bonds is 5. The third-order valence-electron chi connectivity index (χ3n) is 3.17. The molecule has 0 bridgehead atoms. The number of ether oxygens (including phenoxy) is 1. The van der Waals surface area contributed by atoms with Crippen molar-refractivity contribution in [2.45, 2.75) is 52.4 Å². The monoisotopic (exact) mass is 238 g/mol. The summed E-state index contributed by atoms with van der Waals surface area (Å²) in [6.45, 7) is 3.85. The summed E-state index contributed by atoms with van der Waals surface area (Å²) in [5.41, 5.74) is 0.265. The van der Waals surface area contributed by atoms with Crippen LogP contribution >= 0.6 is 0 Å². The molecule has 0 heterocycles. The third kappa shape index (κ3) is 4.33. The lowest BCUT2D eigenvalue weighted by molar-refractivity contribution is -0.140. The number of Topliss-reactive ketones (excluding diaryl/α,β-unsaturated/α-hetero) is 1. The molecule has 3 nitrogen and oxygen atoms in total. The van der Waals surface area contributed by atoms with E-state index in [2.05, 4.69) is 0 Å². The first-order valence-electron chi connectivity index (χ1n) is 6.61. The zero-order chi connectivity index (χ0) is 12.7. The average Bonchev–Trinajstić information content (AvgIpc) is 2.36. The SMILES string of the molecule is CCOC(=O)C(=CC1CCCCC1)C(=O)CC. The zero-order valence-corrected chi connectivity index (χ0v) is 10.8. The zero-order valence-electron chi connectivity index (χ0n) is 10.8. The summed E-state index contributed by atoms with van der Waals surface area (Å²) in [5, 5.41) is 0. The van der Waals surface area contributed by atoms with Gasteiger partial charge in [-0.2, -0.15) is 0 Å². The van der Waals surface area contributed by atoms with Gasteiger partial charge in [0.05, 0.1) is 12.2 Å². The smallest absolute Gasteiger partial charge is 0.341 e. The number of ketones is 1. The van der Waals surface area contributed by atoms with Gasteiger partial charge in [-0.25, -0.2) is 4.79 Å². The molecule has 0 radical (unpaired) electrons. The molecule has 1 aliphatic rings. The Morgan fingerprint density at radius 1 is 1.18 bits per heavy atom. The molecule has 3 heteroatoms. The number of allylic oxidation sites excluding steroid dienone is 1. The number of carbonyl (C=O) groups is 2. The van der Waals surface area contributed by atoms with Crippen LogP contribution in [-0.2, 0) is 14.3 Å². The van der Waals surface area contributed by atoms with Gasteiger partial charge in [0.2, 0.25) is 0 Å². The first kappa shape index (κ1) is 13.9. The molecule has 0 unspecified atom stereocenters. The number of hydrogen-bond acceptors (Lipinski definition) is 3. The molecule has 96 valence electrons. The second-order valence-corrected chi connectivity index (χ2v) is 4.48. The Bertz CT molecular complexity index is 299. The average molecular weight is 238 g/mol. The first-order valence-corrected chi connectivity index (χ1v) is 6.61. The van der Waals surface area contributed by atoms with Crippen molar-refractivity contribution >= 4 is 11.8 Å². The van der Waals surface area contributed by atoms with Gasteiger partial charge in [-0.3, -0.25) is 4.79 Å². The number of hydrogen-bond donors (Lipinski definition) is 0. The maximum absolute atomic E-state index is 11.7. The topological polar surface area (TPSA) is 43.4 Å². The second kappa shape index (κ2) is 7.25. The molecule has 1 fully saturated rings. The standard InChI is InChI=1S/C14H22O3/c1-3-13(15)12(14(16)17-4-2)10-11-8-6-5-7-9-11/h10-11H,3-9H2,1-2H3. The minimum Gasteiger partial charge on any atom is -0.462 e. The van der Waals surface area contributed by atoms with Gasteiger partial charge in [0.25, 0.3) is 0 Å². The van der Waals surface area contributed by atoms with Crippen LogP contribution in [-0.4, -0.2) is 18.4 Å². The molecule has 0 spiro atoms. The normalized spacial score (nSPS) is 17.9. The fourth-order valence-electron chi connectivity index (χ4n) is 2.21. The van der Waals surface area contributed by atoms with Crippen LogP contribution in [0.25, 0.3) is 0 Å². The predicted molar refractivity (Wildman–Crippen MR) is 66.6 cm³/mol. The van der Waals surface area contributed by atoms with Crippen molar-refractivity contribution in [3.05, 3.63) is 11.6 Å². The summed E-state index contributed by atoms with van der Waals surface area (Å²) in [5.74, 6) is -0.183. The van der Waals surface area contributed by atoms with Crippen molar-refractivity contribution in [2.24, 2.45) is 5.92 Å². The summed E-state index contributed by atoms with van der Waals surface area (Å²) in [6, 6.07) is 0. The Labute approximate surface area is 103 Å². The molecule has 0 aromatic heterocycles. The number of carbonyl (C=O) groups excluding carboxylic acids is 2. The molecule has 0 N–H and O–H groups in total. The van der Waals surface area contributed by atoms with Crippen LogP contribution < -0.4 is 0 Å². The quantitative estimate of drug-likeness (QED) is 0.320. The van der Waals surface area contributed by atoms with E-state index in [9.17, 15) is 9.59 Å². The molecule has 0 aromatic carbocycles. The minimum absolute atomic E-state index is 0.103. The van der Waals surface area contributed by atoms with Gasteiger partial charge in [0.15, 0.2) is 5.78 Å². The van der Waals surface area contributed by atoms with Crippen molar-refractivity contribution in [3.63, 3.8) is 0 Å². The molecule has 0 aliphatic heterocycles. The summed E-state index contributed by atoms with van der Waals surface area (Å²) in [4.78, 5) is 23.4. The lowest BCUT2D eigenvalue weighted by Crippen LogP contribution is -2.17. The molecule has 1 aliphatic carbocycles. The van der Waals surface area contributed by atoms with Crippen LogP contribution in [0.2, 0.25) is 0 Å². The Balaban J connectivity index is 2.76. The highest BCUT2D eigenvalue weighted by Crippen LogP contribution is 2.26. The van der Waals surface area contributed by atoms with Crippen LogP contribution in [0.15, 0.2) is 11.6 Å². The van der Waals surface area contributed by atoms with Crippen LogP contribution in [0.3, 0.4) is 0 Å². The fraction of sp³-hybridized carbons (Fsp3) is 0.714. The van der Waals surface area contributed by atoms with E-state index in [0.29, 0.717) is 18.9 Å². The molecule has 17 heavy (non-hydrogen) atoms. The van der Waals surface area contributed by atoms with Crippen molar-refractivity contribution in [2.75, 3.05) is 6.61 Å². The number of esters is 1. The van der Waals surface area contributed by atoms with E-state index in [0.717, 1.165) is 12.8 Å². The van der Waals surface area contributed by atoms with Gasteiger partial charge in [0.1, 0.15) is 0 Å². The molecule has 1 saturated carbocycles. The first-order chi connectivity index (χ1) is 8.19. The molecular formula is C14H22O3. The van der Waals surface area contributed by atoms with Crippen molar-refractivity contribution < 1.29 is 14.3 Å². The lowest BCUT2D eigenvalue weighted by Gasteiger charge is -2.19. The maximum atomic E-state index is 11.7. The summed E-state index contributed by atoms with van der Waals surface area (Å²) >= 11 is 0. The Kier molecular flexibility index (Phi) is 5.95. The van der Waals surface area contributed by atoms with Crippen molar-refractivity contribution in [3.8, 4) is 0 Å². The minimum atomic E-state index is -0.454. The molecule has 0 aromatic rings. The Morgan fingerprint density at radius 2 is 1.82 bits per heavy atom. The van der Waals surface area contributed by atoms with E-state index in [1.165, 1.54) is 19.3 Å². The highest BCUT2D eigenvalue weighted by Gasteiger charge is 2.21. The van der Waals surface area contributed by atoms with E-state index < -0.39 is 5.97 Å². The van der Waals surface area contributed by atoms with Gasteiger partial charge in [-0.05, 0) is 25.7 Å². The maximum Gasteiger partial charge on any atom is 0.341 e. The Morgan fingerprint density at radius 3 is 2.35 bits per heavy atom. The van der Waals surface area contributed by atoms with E-state index in [1.807, 2.05) is 6.08 Å². The van der Waals surface area contributed by atoms with E-state index in [-0.39, 0.29) is 11.4 Å². The van der Waals surface area contributed by atoms with Crippen LogP contribution in [0.1, 0.15) is 52.4 Å². The molecular weight excluding hydrogens is 216 g/mol. The van der Waals surface area contributed by atoms with E-state index in [4.69, 9.17) is 4.74 Å². The largest absolute Gasteiger partial charge is 0.462 e. The summed E-state index contributed by atoms with van der Waals surface area (Å²) in [7, 11) is 0. The fourth-order valence-corrected chi connectivity index (χ4v) is 2.21. The summed E-state index contributed by atoms with van der Waals surface area (Å²) in [6.07, 6.45) is 8.02. The molecule has 0 amide bonds. The van der Waals surface area contributed by atoms with Crippen LogP contribution in [0.5, 0.6) is 0 Å². The van der Waals surface area contributed by atoms with E-state index >= 15 is 0 Å². The van der Waals surface area contributed by atoms with Gasteiger partial charge in [0, 0.05) is 6.42 Å². The van der Waals surface area contributed by atoms with Crippen LogP contribution in [0, 0.1) is 5.92 Å². The lowest BCUT2D eigenvalue weighted by atomic mass is 9.87. The van der Waals surface area contributed by atoms with Gasteiger partial charge in [-0.1, -0.05) is 32.3 Å². The third-order valence-corrected chi connectivity index (χ3v) is 3.17. The highest BCUT2D eigenvalue weighted by atomic mass is 16.5. The summed E-state index contributed by atoms with van der Waals surface area (Å²) < 4.78 is 4.94. The van der Waals surface area contributed by atoms with Gasteiger partial charge in [-0.15, -0.1) is 0 Å². The molecule has 0 atom stereocenters. The van der Waals surface area contributed by atoms with Gasteiger partial charge < -0.3 is 4.74 Å². The van der Waals surface area contributed by atoms with Crippen molar-refractivity contribution in [1.29, 1.82) is 0 Å². The van der Waals surface area contributed by atoms with Gasteiger partial charge >= 0.3 is 5.97 Å². The molecule has 0 saturated heterocycles. The van der Waals surface area contributed by atoms with Crippen LogP contribution in [0.4, 0.5) is 0 Å². The van der Waals surface area contributed by atoms with E-state index in [1.54, 1.807) is 13.8 Å². The predicted octanol–water partition coefficient (Wildman–Crippen LogP) is 3.04. The Hall–Kier alpha value is -1.12. The highest BCUT2D eigenvalue weighted by molar-refractivity contribution is 6.17. The molecule has 1 rings (SSSR count). The van der Waals surface area contributed by atoms with Crippen molar-refractivity contribution in [1.82, 2.24) is 0 Å². The second-order valence-electron chi connectivity index (χ2n) is 4.48.